The Morgan fingerprint density at radius 3 is 2.47 bits per heavy atom. The van der Waals surface area contributed by atoms with Crippen molar-refractivity contribution in [3.8, 4) is 22.4 Å². The fraction of sp³-hybridized carbons (Fsp3) is 0.250. The maximum absolute atomic E-state index is 5.97. The molecule has 0 aliphatic carbocycles. The van der Waals surface area contributed by atoms with Crippen LogP contribution in [0.2, 0.25) is 0 Å². The lowest BCUT2D eigenvalue weighted by molar-refractivity contribution is 0.585. The zero-order valence-electron chi connectivity index (χ0n) is 17.4. The van der Waals surface area contributed by atoms with Gasteiger partial charge in [-0.15, -0.1) is 0 Å². The minimum Gasteiger partial charge on any atom is -0.384 e. The van der Waals surface area contributed by atoms with Crippen LogP contribution in [0.4, 0.5) is 11.6 Å². The molecule has 152 valence electrons. The number of fused-ring (bicyclic) bond motifs is 1. The van der Waals surface area contributed by atoms with Gasteiger partial charge in [0.2, 0.25) is 0 Å². The van der Waals surface area contributed by atoms with Gasteiger partial charge < -0.3 is 20.9 Å². The second kappa shape index (κ2) is 7.46. The molecule has 0 radical (unpaired) electrons. The minimum atomic E-state index is 0.541. The highest BCUT2D eigenvalue weighted by Crippen LogP contribution is 2.33. The van der Waals surface area contributed by atoms with E-state index in [1.165, 1.54) is 10.9 Å². The quantitative estimate of drug-likeness (QED) is 0.487. The van der Waals surface area contributed by atoms with Crippen molar-refractivity contribution in [1.29, 1.82) is 0 Å². The molecule has 1 aromatic carbocycles. The SMILES string of the molecule is Cc1cc(-c2[nH]c3cc(-c4ccc(N5CCNCC5)nc4)ccc3c2C)cc(N)n1. The smallest absolute Gasteiger partial charge is 0.128 e. The minimum absolute atomic E-state index is 0.541. The molecule has 5 rings (SSSR count). The third-order valence-electron chi connectivity index (χ3n) is 5.84. The van der Waals surface area contributed by atoms with E-state index < -0.39 is 0 Å². The molecule has 1 aliphatic rings. The van der Waals surface area contributed by atoms with E-state index in [0.29, 0.717) is 5.82 Å². The second-order valence-electron chi connectivity index (χ2n) is 7.95. The number of aryl methyl sites for hydroxylation is 2. The number of aromatic amines is 1. The maximum atomic E-state index is 5.97. The number of hydrogen-bond donors (Lipinski definition) is 3. The summed E-state index contributed by atoms with van der Waals surface area (Å²) in [4.78, 5) is 14.9. The number of anilines is 2. The Balaban J connectivity index is 1.49. The van der Waals surface area contributed by atoms with E-state index in [2.05, 4.69) is 63.5 Å². The molecule has 0 atom stereocenters. The van der Waals surface area contributed by atoms with Crippen LogP contribution in [0.5, 0.6) is 0 Å². The molecular weight excluding hydrogens is 372 g/mol. The van der Waals surface area contributed by atoms with Gasteiger partial charge in [0.05, 0.1) is 0 Å². The number of nitrogens with zero attached hydrogens (tertiary/aromatic N) is 3. The van der Waals surface area contributed by atoms with Crippen LogP contribution in [0.3, 0.4) is 0 Å². The van der Waals surface area contributed by atoms with Gasteiger partial charge in [-0.2, -0.15) is 0 Å². The number of H-pyrrole nitrogens is 1. The van der Waals surface area contributed by atoms with E-state index in [4.69, 9.17) is 10.7 Å². The van der Waals surface area contributed by atoms with Gasteiger partial charge in [-0.3, -0.25) is 0 Å². The van der Waals surface area contributed by atoms with Crippen LogP contribution in [0.1, 0.15) is 11.3 Å². The summed E-state index contributed by atoms with van der Waals surface area (Å²) in [6, 6.07) is 14.8. The Labute approximate surface area is 176 Å². The molecule has 0 saturated carbocycles. The van der Waals surface area contributed by atoms with Crippen molar-refractivity contribution in [3.05, 3.63) is 59.9 Å². The third-order valence-corrected chi connectivity index (χ3v) is 5.84. The average Bonchev–Trinajstić information content (AvgIpc) is 3.10. The summed E-state index contributed by atoms with van der Waals surface area (Å²) in [6.07, 6.45) is 1.97. The normalized spacial score (nSPS) is 14.4. The molecule has 6 nitrogen and oxygen atoms in total. The van der Waals surface area contributed by atoms with Crippen molar-refractivity contribution in [2.24, 2.45) is 0 Å². The predicted molar refractivity (Wildman–Crippen MR) is 124 cm³/mol. The van der Waals surface area contributed by atoms with Gasteiger partial charge in [-0.05, 0) is 55.3 Å². The van der Waals surface area contributed by atoms with E-state index in [-0.39, 0.29) is 0 Å². The highest BCUT2D eigenvalue weighted by molar-refractivity contribution is 5.93. The number of aromatic nitrogens is 3. The number of nitrogen functional groups attached to an aromatic ring is 1. The molecule has 30 heavy (non-hydrogen) atoms. The zero-order chi connectivity index (χ0) is 20.7. The molecule has 1 aliphatic heterocycles. The van der Waals surface area contributed by atoms with Crippen LogP contribution in [0.25, 0.3) is 33.3 Å². The van der Waals surface area contributed by atoms with E-state index in [0.717, 1.165) is 65.6 Å². The molecular formula is C24H26N6. The van der Waals surface area contributed by atoms with E-state index >= 15 is 0 Å². The molecule has 0 spiro atoms. The van der Waals surface area contributed by atoms with Crippen molar-refractivity contribution in [2.45, 2.75) is 13.8 Å². The van der Waals surface area contributed by atoms with Crippen LogP contribution in [0.15, 0.2) is 48.7 Å². The monoisotopic (exact) mass is 398 g/mol. The number of piperazine rings is 1. The molecule has 3 aromatic heterocycles. The van der Waals surface area contributed by atoms with Crippen molar-refractivity contribution in [3.63, 3.8) is 0 Å². The number of hydrogen-bond acceptors (Lipinski definition) is 5. The Morgan fingerprint density at radius 1 is 0.933 bits per heavy atom. The topological polar surface area (TPSA) is 82.9 Å². The van der Waals surface area contributed by atoms with Gasteiger partial charge in [0.15, 0.2) is 0 Å². The molecule has 0 amide bonds. The Morgan fingerprint density at radius 2 is 1.73 bits per heavy atom. The number of nitrogens with one attached hydrogen (secondary N) is 2. The summed E-state index contributed by atoms with van der Waals surface area (Å²) < 4.78 is 0. The Hall–Kier alpha value is -3.38. The fourth-order valence-corrected chi connectivity index (χ4v) is 4.28. The highest BCUT2D eigenvalue weighted by Gasteiger charge is 2.14. The van der Waals surface area contributed by atoms with Crippen LogP contribution < -0.4 is 16.0 Å². The van der Waals surface area contributed by atoms with E-state index in [1.807, 2.05) is 19.2 Å². The molecule has 1 fully saturated rings. The summed E-state index contributed by atoms with van der Waals surface area (Å²) in [5.41, 5.74) is 13.6. The third kappa shape index (κ3) is 3.39. The first-order valence-electron chi connectivity index (χ1n) is 10.4. The summed E-state index contributed by atoms with van der Waals surface area (Å²) >= 11 is 0. The number of nitrogens with two attached hydrogens (primary N) is 1. The van der Waals surface area contributed by atoms with Crippen molar-refractivity contribution in [2.75, 3.05) is 36.8 Å². The molecule has 1 saturated heterocycles. The Kier molecular flexibility index (Phi) is 4.64. The van der Waals surface area contributed by atoms with Crippen molar-refractivity contribution < 1.29 is 0 Å². The van der Waals surface area contributed by atoms with Gasteiger partial charge in [0.25, 0.3) is 0 Å². The van der Waals surface area contributed by atoms with Crippen molar-refractivity contribution in [1.82, 2.24) is 20.3 Å². The first-order valence-corrected chi connectivity index (χ1v) is 10.4. The van der Waals surface area contributed by atoms with E-state index in [1.54, 1.807) is 0 Å². The molecule has 4 N–H and O–H groups in total. The lowest BCUT2D eigenvalue weighted by Crippen LogP contribution is -2.43. The first-order chi connectivity index (χ1) is 14.6. The number of rotatable bonds is 3. The molecule has 4 aromatic rings. The van der Waals surface area contributed by atoms with E-state index in [9.17, 15) is 0 Å². The number of benzene rings is 1. The van der Waals surface area contributed by atoms with Crippen LogP contribution in [-0.4, -0.2) is 41.1 Å². The van der Waals surface area contributed by atoms with Gasteiger partial charge in [-0.1, -0.05) is 12.1 Å². The van der Waals surface area contributed by atoms with Gasteiger partial charge in [-0.25, -0.2) is 9.97 Å². The summed E-state index contributed by atoms with van der Waals surface area (Å²) in [5, 5.41) is 4.59. The number of pyridine rings is 2. The van der Waals surface area contributed by atoms with Crippen LogP contribution in [-0.2, 0) is 0 Å². The maximum Gasteiger partial charge on any atom is 0.128 e. The van der Waals surface area contributed by atoms with Gasteiger partial charge >= 0.3 is 0 Å². The van der Waals surface area contributed by atoms with Crippen LogP contribution in [0, 0.1) is 13.8 Å². The molecule has 6 heteroatoms. The summed E-state index contributed by atoms with van der Waals surface area (Å²) in [7, 11) is 0. The summed E-state index contributed by atoms with van der Waals surface area (Å²) in [5.74, 6) is 1.59. The first kappa shape index (κ1) is 18.6. The average molecular weight is 399 g/mol. The largest absolute Gasteiger partial charge is 0.384 e. The summed E-state index contributed by atoms with van der Waals surface area (Å²) in [6.45, 7) is 8.13. The fourth-order valence-electron chi connectivity index (χ4n) is 4.28. The van der Waals surface area contributed by atoms with Crippen LogP contribution >= 0.6 is 0 Å². The lowest BCUT2D eigenvalue weighted by Gasteiger charge is -2.28. The zero-order valence-corrected chi connectivity index (χ0v) is 17.4. The molecule has 0 unspecified atom stereocenters. The predicted octanol–water partition coefficient (Wildman–Crippen LogP) is 3.90. The second-order valence-corrected chi connectivity index (χ2v) is 7.95. The lowest BCUT2D eigenvalue weighted by atomic mass is 10.0. The van der Waals surface area contributed by atoms with Crippen molar-refractivity contribution >= 4 is 22.5 Å². The highest BCUT2D eigenvalue weighted by atomic mass is 15.2. The molecule has 4 heterocycles. The molecule has 0 bridgehead atoms. The van der Waals surface area contributed by atoms with Gasteiger partial charge in [0, 0.05) is 65.8 Å². The Bertz CT molecular complexity index is 1180. The standard InChI is InChI=1S/C24H26N6/c1-15-11-19(13-22(25)28-15)24-16(2)20-5-3-17(12-21(20)29-24)18-4-6-23(27-14-18)30-9-7-26-8-10-30/h3-6,11-14,26,29H,7-10H2,1-2H3,(H2,25,28). The van der Waals surface area contributed by atoms with Gasteiger partial charge in [0.1, 0.15) is 11.6 Å².